The molecular formula is C22H30F3IN4O. The molecule has 0 aliphatic heterocycles. The zero-order chi connectivity index (χ0) is 22.0. The number of rotatable bonds is 9. The molecule has 0 saturated heterocycles. The topological polar surface area (TPSA) is 58.4 Å². The summed E-state index contributed by atoms with van der Waals surface area (Å²) in [7, 11) is 1.68. The molecule has 0 radical (unpaired) electrons. The van der Waals surface area contributed by atoms with Crippen LogP contribution in [-0.4, -0.2) is 30.7 Å². The second-order valence-electron chi connectivity index (χ2n) is 7.18. The molecule has 0 aliphatic rings. The van der Waals surface area contributed by atoms with Crippen molar-refractivity contribution < 1.29 is 13.2 Å². The Bertz CT molecular complexity index is 883. The molecule has 0 saturated carbocycles. The lowest BCUT2D eigenvalue weighted by atomic mass is 9.96. The third-order valence-corrected chi connectivity index (χ3v) is 4.89. The minimum atomic E-state index is -4.33. The molecule has 0 fully saturated rings. The molecule has 1 unspecified atom stereocenters. The zero-order valence-electron chi connectivity index (χ0n) is 17.8. The van der Waals surface area contributed by atoms with E-state index in [1.807, 2.05) is 13.0 Å². The molecule has 2 rings (SSSR count). The van der Waals surface area contributed by atoms with E-state index in [2.05, 4.69) is 15.6 Å². The molecule has 2 N–H and O–H groups in total. The van der Waals surface area contributed by atoms with Crippen molar-refractivity contribution in [1.29, 1.82) is 0 Å². The number of aromatic nitrogens is 1. The van der Waals surface area contributed by atoms with E-state index in [1.54, 1.807) is 36.0 Å². The smallest absolute Gasteiger partial charge is 0.356 e. The first-order valence-electron chi connectivity index (χ1n) is 10.1. The molecule has 1 aromatic carbocycles. The highest BCUT2D eigenvalue weighted by Crippen LogP contribution is 2.31. The van der Waals surface area contributed by atoms with Crippen LogP contribution in [0, 0.1) is 0 Å². The lowest BCUT2D eigenvalue weighted by Gasteiger charge is -2.16. The van der Waals surface area contributed by atoms with Gasteiger partial charge in [-0.3, -0.25) is 9.79 Å². The van der Waals surface area contributed by atoms with Gasteiger partial charge in [0.05, 0.1) is 5.56 Å². The molecule has 9 heteroatoms. The fraction of sp³-hybridized carbons (Fsp3) is 0.455. The van der Waals surface area contributed by atoms with Gasteiger partial charge in [0.25, 0.3) is 0 Å². The number of unbranched alkanes of at least 4 members (excludes halogenated alkanes) is 1. The molecule has 1 aromatic heterocycles. The summed E-state index contributed by atoms with van der Waals surface area (Å²) in [5.74, 6) is 0.644. The Morgan fingerprint density at radius 2 is 1.84 bits per heavy atom. The summed E-state index contributed by atoms with van der Waals surface area (Å²) in [6, 6.07) is 10.6. The van der Waals surface area contributed by atoms with E-state index in [1.165, 1.54) is 12.1 Å². The summed E-state index contributed by atoms with van der Waals surface area (Å²) < 4.78 is 40.3. The molecule has 2 aromatic rings. The van der Waals surface area contributed by atoms with Gasteiger partial charge in [-0.1, -0.05) is 31.2 Å². The normalized spacial score (nSPS) is 12.7. The number of hydrogen-bond donors (Lipinski definition) is 2. The Kier molecular flexibility index (Phi) is 11.7. The van der Waals surface area contributed by atoms with Crippen molar-refractivity contribution >= 4 is 29.9 Å². The Morgan fingerprint density at radius 1 is 1.10 bits per heavy atom. The van der Waals surface area contributed by atoms with Gasteiger partial charge in [0.1, 0.15) is 0 Å². The van der Waals surface area contributed by atoms with Crippen LogP contribution in [0.2, 0.25) is 0 Å². The summed E-state index contributed by atoms with van der Waals surface area (Å²) in [6.07, 6.45) is -0.127. The first kappa shape index (κ1) is 27.0. The van der Waals surface area contributed by atoms with Gasteiger partial charge in [-0.2, -0.15) is 13.2 Å². The quantitative estimate of drug-likeness (QED) is 0.207. The second-order valence-corrected chi connectivity index (χ2v) is 7.18. The van der Waals surface area contributed by atoms with E-state index in [4.69, 9.17) is 0 Å². The van der Waals surface area contributed by atoms with Crippen LogP contribution in [0.1, 0.15) is 43.2 Å². The molecule has 172 valence electrons. The van der Waals surface area contributed by atoms with Crippen molar-refractivity contribution in [3.63, 3.8) is 0 Å². The molecule has 5 nitrogen and oxygen atoms in total. The van der Waals surface area contributed by atoms with Gasteiger partial charge in [0, 0.05) is 38.9 Å². The van der Waals surface area contributed by atoms with E-state index in [-0.39, 0.29) is 35.5 Å². The van der Waals surface area contributed by atoms with Crippen LogP contribution < -0.4 is 16.2 Å². The summed E-state index contributed by atoms with van der Waals surface area (Å²) in [5.41, 5.74) is 0.0543. The number of alkyl halides is 3. The van der Waals surface area contributed by atoms with E-state index in [0.29, 0.717) is 37.6 Å². The Hall–Kier alpha value is -2.04. The highest BCUT2D eigenvalue weighted by Gasteiger charge is 2.30. The number of aryl methyl sites for hydroxylation is 1. The summed E-state index contributed by atoms with van der Waals surface area (Å²) >= 11 is 0. The summed E-state index contributed by atoms with van der Waals surface area (Å²) in [4.78, 5) is 15.8. The maximum Gasteiger partial charge on any atom is 0.416 e. The second kappa shape index (κ2) is 13.4. The van der Waals surface area contributed by atoms with Crippen molar-refractivity contribution in [2.24, 2.45) is 4.99 Å². The van der Waals surface area contributed by atoms with Crippen LogP contribution in [0.15, 0.2) is 58.4 Å². The first-order chi connectivity index (χ1) is 14.3. The lowest BCUT2D eigenvalue weighted by Crippen LogP contribution is -2.38. The molecule has 1 atom stereocenters. The number of benzene rings is 1. The number of nitrogens with one attached hydrogen (secondary N) is 2. The highest BCUT2D eigenvalue weighted by molar-refractivity contribution is 14.0. The van der Waals surface area contributed by atoms with Crippen LogP contribution in [0.25, 0.3) is 0 Å². The van der Waals surface area contributed by atoms with Crippen LogP contribution in [0.3, 0.4) is 0 Å². The van der Waals surface area contributed by atoms with Gasteiger partial charge in [-0.05, 0) is 42.9 Å². The third-order valence-electron chi connectivity index (χ3n) is 4.89. The highest BCUT2D eigenvalue weighted by atomic mass is 127. The minimum Gasteiger partial charge on any atom is -0.356 e. The average Bonchev–Trinajstić information content (AvgIpc) is 2.72. The number of hydrogen-bond acceptors (Lipinski definition) is 2. The van der Waals surface area contributed by atoms with Gasteiger partial charge >= 0.3 is 6.18 Å². The number of aliphatic imine (C=N–C) groups is 1. The molecular weight excluding hydrogens is 520 g/mol. The average molecular weight is 550 g/mol. The van der Waals surface area contributed by atoms with Crippen molar-refractivity contribution in [3.8, 4) is 0 Å². The number of guanidine groups is 1. The SMILES string of the molecule is CN=C(NCCCCn1ccccc1=O)NCCC(C)c1cccc(C(F)(F)F)c1.I. The number of halogens is 4. The molecule has 0 aliphatic carbocycles. The monoisotopic (exact) mass is 550 g/mol. The molecule has 31 heavy (non-hydrogen) atoms. The van der Waals surface area contributed by atoms with Crippen molar-refractivity contribution in [2.45, 2.75) is 44.8 Å². The van der Waals surface area contributed by atoms with E-state index < -0.39 is 11.7 Å². The van der Waals surface area contributed by atoms with Crippen LogP contribution in [0.4, 0.5) is 13.2 Å². The largest absolute Gasteiger partial charge is 0.416 e. The Balaban J connectivity index is 0.00000480. The summed E-state index contributed by atoms with van der Waals surface area (Å²) in [5, 5.41) is 6.41. The van der Waals surface area contributed by atoms with Gasteiger partial charge in [0.2, 0.25) is 5.56 Å². The van der Waals surface area contributed by atoms with Crippen molar-refractivity contribution in [2.75, 3.05) is 20.1 Å². The van der Waals surface area contributed by atoms with Crippen molar-refractivity contribution in [1.82, 2.24) is 15.2 Å². The van der Waals surface area contributed by atoms with Gasteiger partial charge in [0.15, 0.2) is 5.96 Å². The van der Waals surface area contributed by atoms with E-state index in [0.717, 1.165) is 18.9 Å². The number of pyridine rings is 1. The van der Waals surface area contributed by atoms with Crippen molar-refractivity contribution in [3.05, 3.63) is 70.1 Å². The van der Waals surface area contributed by atoms with Crippen LogP contribution >= 0.6 is 24.0 Å². The zero-order valence-corrected chi connectivity index (χ0v) is 20.1. The maximum atomic E-state index is 12.9. The summed E-state index contributed by atoms with van der Waals surface area (Å²) in [6.45, 7) is 3.89. The lowest BCUT2D eigenvalue weighted by molar-refractivity contribution is -0.137. The van der Waals surface area contributed by atoms with Gasteiger partial charge in [-0.15, -0.1) is 24.0 Å². The molecule has 0 spiro atoms. The Labute approximate surface area is 198 Å². The fourth-order valence-electron chi connectivity index (χ4n) is 3.08. The third kappa shape index (κ3) is 9.32. The van der Waals surface area contributed by atoms with E-state index in [9.17, 15) is 18.0 Å². The minimum absolute atomic E-state index is 0. The first-order valence-corrected chi connectivity index (χ1v) is 10.1. The predicted molar refractivity (Wildman–Crippen MR) is 129 cm³/mol. The van der Waals surface area contributed by atoms with Gasteiger partial charge in [-0.25, -0.2) is 0 Å². The molecule has 1 heterocycles. The van der Waals surface area contributed by atoms with Crippen LogP contribution in [-0.2, 0) is 12.7 Å². The van der Waals surface area contributed by atoms with Gasteiger partial charge < -0.3 is 15.2 Å². The molecule has 0 bridgehead atoms. The molecule has 0 amide bonds. The fourth-order valence-corrected chi connectivity index (χ4v) is 3.08. The maximum absolute atomic E-state index is 12.9. The number of nitrogens with zero attached hydrogens (tertiary/aromatic N) is 2. The van der Waals surface area contributed by atoms with E-state index >= 15 is 0 Å². The predicted octanol–water partition coefficient (Wildman–Crippen LogP) is 4.62. The Morgan fingerprint density at radius 3 is 2.52 bits per heavy atom. The standard InChI is InChI=1S/C22H29F3N4O.HI/c1-17(18-8-7-9-19(16-18)22(23,24)25)11-13-28-21(26-2)27-12-4-6-15-29-14-5-3-10-20(29)30;/h3,5,7-10,14,16-17H,4,6,11-13,15H2,1-2H3,(H2,26,27,28);1H. The van der Waals surface area contributed by atoms with Crippen LogP contribution in [0.5, 0.6) is 0 Å².